The molecule has 17 heavy (non-hydrogen) atoms. The maximum atomic E-state index is 11.6. The largest absolute Gasteiger partial charge is 0.410 e. The molecule has 4 nitrogen and oxygen atoms in total. The highest BCUT2D eigenvalue weighted by atomic mass is 16.7. The van der Waals surface area contributed by atoms with Crippen molar-refractivity contribution in [3.63, 3.8) is 0 Å². The van der Waals surface area contributed by atoms with Gasteiger partial charge in [-0.3, -0.25) is 9.59 Å². The monoisotopic (exact) mass is 229 g/mol. The van der Waals surface area contributed by atoms with Crippen LogP contribution < -0.4 is 4.84 Å². The number of ketones is 1. The van der Waals surface area contributed by atoms with Gasteiger partial charge < -0.3 is 4.84 Å². The highest BCUT2D eigenvalue weighted by Gasteiger charge is 2.16. The van der Waals surface area contributed by atoms with E-state index in [1.807, 2.05) is 18.2 Å². The molecule has 2 aromatic rings. The van der Waals surface area contributed by atoms with Crippen molar-refractivity contribution in [1.82, 2.24) is 4.73 Å². The van der Waals surface area contributed by atoms with Gasteiger partial charge in [0.15, 0.2) is 6.29 Å². The smallest absolute Gasteiger partial charge is 0.245 e. The summed E-state index contributed by atoms with van der Waals surface area (Å²) in [6.45, 7) is 3.80. The Hall–Kier alpha value is -2.36. The molecule has 0 saturated carbocycles. The van der Waals surface area contributed by atoms with E-state index in [-0.39, 0.29) is 18.6 Å². The predicted octanol–water partition coefficient (Wildman–Crippen LogP) is 1.64. The standard InChI is InChI=1S/C13H11NO3/c1-2-7-17-14-8-10-5-3-4-6-11(10)13(14)12(16)9-15/h2-6,8-9H,1,7H2. The van der Waals surface area contributed by atoms with Gasteiger partial charge in [-0.2, -0.15) is 4.73 Å². The molecule has 1 aromatic carbocycles. The topological polar surface area (TPSA) is 48.3 Å². The molecule has 2 rings (SSSR count). The zero-order valence-electron chi connectivity index (χ0n) is 9.13. The molecule has 4 heteroatoms. The minimum absolute atomic E-state index is 0.248. The molecular weight excluding hydrogens is 218 g/mol. The fraction of sp³-hybridized carbons (Fsp3) is 0.0769. The van der Waals surface area contributed by atoms with Crippen LogP contribution in [0.15, 0.2) is 43.1 Å². The molecule has 86 valence electrons. The maximum Gasteiger partial charge on any atom is 0.245 e. The number of carbonyl (C=O) groups excluding carboxylic acids is 2. The molecule has 0 atom stereocenters. The molecule has 0 aliphatic heterocycles. The van der Waals surface area contributed by atoms with E-state index in [1.165, 1.54) is 4.73 Å². The van der Waals surface area contributed by atoms with E-state index in [1.54, 1.807) is 18.3 Å². The molecule has 0 amide bonds. The van der Waals surface area contributed by atoms with Crippen LogP contribution in [0.1, 0.15) is 10.5 Å². The summed E-state index contributed by atoms with van der Waals surface area (Å²) < 4.78 is 1.32. The van der Waals surface area contributed by atoms with Crippen molar-refractivity contribution in [1.29, 1.82) is 0 Å². The van der Waals surface area contributed by atoms with Crippen molar-refractivity contribution in [2.75, 3.05) is 6.61 Å². The fourth-order valence-electron chi connectivity index (χ4n) is 1.67. The van der Waals surface area contributed by atoms with E-state index in [9.17, 15) is 9.59 Å². The fourth-order valence-corrected chi connectivity index (χ4v) is 1.67. The van der Waals surface area contributed by atoms with Gasteiger partial charge in [0.05, 0.1) is 6.20 Å². The van der Waals surface area contributed by atoms with Gasteiger partial charge in [0.25, 0.3) is 0 Å². The van der Waals surface area contributed by atoms with Gasteiger partial charge in [-0.1, -0.05) is 36.9 Å². The number of nitrogens with zero attached hydrogens (tertiary/aromatic N) is 1. The van der Waals surface area contributed by atoms with Crippen molar-refractivity contribution in [3.05, 3.63) is 48.8 Å². The third-order valence-electron chi connectivity index (χ3n) is 2.36. The Balaban J connectivity index is 2.60. The number of benzene rings is 1. The Morgan fingerprint density at radius 2 is 2.18 bits per heavy atom. The highest BCUT2D eigenvalue weighted by molar-refractivity contribution is 6.35. The summed E-state index contributed by atoms with van der Waals surface area (Å²) in [6.07, 6.45) is 3.53. The summed E-state index contributed by atoms with van der Waals surface area (Å²) in [5.74, 6) is -0.602. The van der Waals surface area contributed by atoms with Gasteiger partial charge in [0.1, 0.15) is 12.3 Å². The molecule has 0 saturated heterocycles. The Morgan fingerprint density at radius 3 is 2.88 bits per heavy atom. The summed E-state index contributed by atoms with van der Waals surface area (Å²) >= 11 is 0. The van der Waals surface area contributed by atoms with Gasteiger partial charge in [-0.05, 0) is 0 Å². The summed E-state index contributed by atoms with van der Waals surface area (Å²) in [5, 5.41) is 1.55. The molecule has 0 radical (unpaired) electrons. The zero-order valence-corrected chi connectivity index (χ0v) is 9.13. The summed E-state index contributed by atoms with van der Waals surface area (Å²) in [4.78, 5) is 27.5. The van der Waals surface area contributed by atoms with Crippen LogP contribution in [0.3, 0.4) is 0 Å². The van der Waals surface area contributed by atoms with Crippen LogP contribution in [0.2, 0.25) is 0 Å². The van der Waals surface area contributed by atoms with Crippen LogP contribution in [-0.2, 0) is 4.79 Å². The lowest BCUT2D eigenvalue weighted by molar-refractivity contribution is -0.104. The minimum atomic E-state index is -0.602. The average Bonchev–Trinajstić information content (AvgIpc) is 2.73. The van der Waals surface area contributed by atoms with Gasteiger partial charge in [-0.15, -0.1) is 0 Å². The van der Waals surface area contributed by atoms with Crippen molar-refractivity contribution < 1.29 is 14.4 Å². The van der Waals surface area contributed by atoms with Crippen LogP contribution in [0.4, 0.5) is 0 Å². The molecule has 1 aromatic heterocycles. The number of carbonyl (C=O) groups is 2. The molecule has 0 bridgehead atoms. The lowest BCUT2D eigenvalue weighted by atomic mass is 10.1. The highest BCUT2D eigenvalue weighted by Crippen LogP contribution is 2.20. The Morgan fingerprint density at radius 1 is 1.41 bits per heavy atom. The van der Waals surface area contributed by atoms with Crippen molar-refractivity contribution in [2.45, 2.75) is 0 Å². The van der Waals surface area contributed by atoms with E-state index in [2.05, 4.69) is 6.58 Å². The number of Topliss-reactive ketones (excluding diaryl/α,β-unsaturated/α-hetero) is 1. The first-order chi connectivity index (χ1) is 8.27. The maximum absolute atomic E-state index is 11.6. The number of aromatic nitrogens is 1. The molecule has 0 aliphatic rings. The van der Waals surface area contributed by atoms with Crippen molar-refractivity contribution in [2.24, 2.45) is 0 Å². The van der Waals surface area contributed by atoms with Gasteiger partial charge in [-0.25, -0.2) is 0 Å². The van der Waals surface area contributed by atoms with E-state index < -0.39 is 5.78 Å². The lowest BCUT2D eigenvalue weighted by Crippen LogP contribution is -2.17. The average molecular weight is 229 g/mol. The second kappa shape index (κ2) is 4.65. The van der Waals surface area contributed by atoms with E-state index in [0.717, 1.165) is 5.39 Å². The summed E-state index contributed by atoms with van der Waals surface area (Å²) in [6, 6.07) is 7.29. The third kappa shape index (κ3) is 1.97. The Bertz CT molecular complexity index is 583. The second-order valence-electron chi connectivity index (χ2n) is 3.46. The van der Waals surface area contributed by atoms with Gasteiger partial charge in [0, 0.05) is 10.8 Å². The second-order valence-corrected chi connectivity index (χ2v) is 3.46. The summed E-state index contributed by atoms with van der Waals surface area (Å²) in [5.41, 5.74) is 0.248. The van der Waals surface area contributed by atoms with Gasteiger partial charge in [0.2, 0.25) is 5.78 Å². The van der Waals surface area contributed by atoms with Crippen molar-refractivity contribution >= 4 is 22.8 Å². The first-order valence-electron chi connectivity index (χ1n) is 5.11. The number of aldehydes is 1. The van der Waals surface area contributed by atoms with Gasteiger partial charge >= 0.3 is 0 Å². The van der Waals surface area contributed by atoms with E-state index >= 15 is 0 Å². The number of fused-ring (bicyclic) bond motifs is 1. The Kier molecular flexibility index (Phi) is 3.05. The molecule has 0 N–H and O–H groups in total. The third-order valence-corrected chi connectivity index (χ3v) is 2.36. The summed E-state index contributed by atoms with van der Waals surface area (Å²) in [7, 11) is 0. The molecule has 1 heterocycles. The van der Waals surface area contributed by atoms with E-state index in [4.69, 9.17) is 4.84 Å². The SMILES string of the molecule is C=CCOn1cc2ccccc2c1C(=O)C=O. The minimum Gasteiger partial charge on any atom is -0.410 e. The van der Waals surface area contributed by atoms with Crippen LogP contribution in [0.5, 0.6) is 0 Å². The number of hydrogen-bond donors (Lipinski definition) is 0. The predicted molar refractivity (Wildman–Crippen MR) is 64.0 cm³/mol. The molecule has 0 fully saturated rings. The van der Waals surface area contributed by atoms with E-state index in [0.29, 0.717) is 5.39 Å². The first-order valence-corrected chi connectivity index (χ1v) is 5.11. The Labute approximate surface area is 98.1 Å². The van der Waals surface area contributed by atoms with Crippen LogP contribution in [0.25, 0.3) is 10.8 Å². The first kappa shape index (κ1) is 11.1. The molecular formula is C13H11NO3. The molecule has 0 unspecified atom stereocenters. The van der Waals surface area contributed by atoms with Crippen LogP contribution in [-0.4, -0.2) is 23.4 Å². The number of hydrogen-bond acceptors (Lipinski definition) is 3. The van der Waals surface area contributed by atoms with Crippen molar-refractivity contribution in [3.8, 4) is 0 Å². The normalized spacial score (nSPS) is 10.1. The van der Waals surface area contributed by atoms with Crippen LogP contribution in [0, 0.1) is 0 Å². The number of rotatable bonds is 5. The van der Waals surface area contributed by atoms with Crippen LogP contribution >= 0.6 is 0 Å². The zero-order chi connectivity index (χ0) is 12.3. The molecule has 0 aliphatic carbocycles. The lowest BCUT2D eigenvalue weighted by Gasteiger charge is -2.06. The quantitative estimate of drug-likeness (QED) is 0.339. The molecule has 0 spiro atoms.